The number of carbonyl (C=O) groups excluding carboxylic acids is 2. The van der Waals surface area contributed by atoms with Crippen molar-refractivity contribution in [1.82, 2.24) is 10.2 Å². The Morgan fingerprint density at radius 3 is 2.93 bits per heavy atom. The van der Waals surface area contributed by atoms with Gasteiger partial charge in [0.2, 0.25) is 5.76 Å². The van der Waals surface area contributed by atoms with Crippen LogP contribution in [0.15, 0.2) is 58.3 Å². The van der Waals surface area contributed by atoms with Gasteiger partial charge in [0.25, 0.3) is 0 Å². The van der Waals surface area contributed by atoms with Gasteiger partial charge in [-0.25, -0.2) is 4.79 Å². The van der Waals surface area contributed by atoms with Crippen LogP contribution in [-0.2, 0) is 4.79 Å². The highest BCUT2D eigenvalue weighted by atomic mass is 32.1. The van der Waals surface area contributed by atoms with E-state index in [1.54, 1.807) is 30.3 Å². The van der Waals surface area contributed by atoms with Gasteiger partial charge in [0.15, 0.2) is 10.9 Å². The van der Waals surface area contributed by atoms with E-state index in [9.17, 15) is 9.59 Å². The number of nitrogens with one attached hydrogen (secondary N) is 1. The number of ether oxygens (including phenoxy) is 1. The summed E-state index contributed by atoms with van der Waals surface area (Å²) in [6.45, 7) is 2.73. The van der Waals surface area contributed by atoms with Crippen molar-refractivity contribution in [2.75, 3.05) is 6.54 Å². The topological polar surface area (TPSA) is 71.8 Å². The van der Waals surface area contributed by atoms with Crippen LogP contribution >= 0.6 is 12.2 Å². The lowest BCUT2D eigenvalue weighted by molar-refractivity contribution is -0.116. The third-order valence-electron chi connectivity index (χ3n) is 5.00. The molecule has 1 aromatic carbocycles. The van der Waals surface area contributed by atoms with Crippen LogP contribution in [0, 0.1) is 0 Å². The van der Waals surface area contributed by atoms with E-state index in [1.807, 2.05) is 17.9 Å². The second kappa shape index (κ2) is 7.59. The van der Waals surface area contributed by atoms with E-state index in [0.717, 1.165) is 29.7 Å². The average Bonchev–Trinajstić information content (AvgIpc) is 3.23. The zero-order valence-electron chi connectivity index (χ0n) is 15.4. The molecule has 144 valence electrons. The van der Waals surface area contributed by atoms with Crippen LogP contribution in [0.2, 0.25) is 0 Å². The Morgan fingerprint density at radius 2 is 2.18 bits per heavy atom. The number of nitrogens with zero attached hydrogens (tertiary/aromatic N) is 1. The Balaban J connectivity index is 1.67. The molecule has 4 rings (SSSR count). The highest BCUT2D eigenvalue weighted by Gasteiger charge is 2.36. The third kappa shape index (κ3) is 3.33. The highest BCUT2D eigenvalue weighted by molar-refractivity contribution is 7.80. The minimum atomic E-state index is -0.569. The summed E-state index contributed by atoms with van der Waals surface area (Å²) in [7, 11) is 0. The predicted molar refractivity (Wildman–Crippen MR) is 107 cm³/mol. The normalized spacial score (nSPS) is 19.3. The molecule has 0 fully saturated rings. The largest absolute Gasteiger partial charge is 0.457 e. The molecule has 1 N–H and O–H groups in total. The second-order valence-corrected chi connectivity index (χ2v) is 7.09. The summed E-state index contributed by atoms with van der Waals surface area (Å²) >= 11 is 5.54. The Bertz CT molecular complexity index is 965. The monoisotopic (exact) mass is 396 g/mol. The summed E-state index contributed by atoms with van der Waals surface area (Å²) in [5.41, 5.74) is 2.59. The maximum atomic E-state index is 12.7. The number of carbonyl (C=O) groups is 2. The van der Waals surface area contributed by atoms with Gasteiger partial charge in [0.05, 0.1) is 12.3 Å². The summed E-state index contributed by atoms with van der Waals surface area (Å²) < 4.78 is 10.5. The number of rotatable bonds is 4. The van der Waals surface area contributed by atoms with E-state index in [0.29, 0.717) is 23.8 Å². The molecule has 1 aromatic heterocycles. The van der Waals surface area contributed by atoms with Gasteiger partial charge >= 0.3 is 5.97 Å². The van der Waals surface area contributed by atoms with E-state index >= 15 is 0 Å². The molecule has 1 unspecified atom stereocenters. The number of ketones is 1. The molecule has 2 heterocycles. The zero-order chi connectivity index (χ0) is 19.7. The number of thiocarbonyl (C=S) groups is 1. The molecule has 0 saturated heterocycles. The molecule has 0 bridgehead atoms. The Labute approximate surface area is 168 Å². The lowest BCUT2D eigenvalue weighted by atomic mass is 9.85. The van der Waals surface area contributed by atoms with Gasteiger partial charge in [-0.3, -0.25) is 4.79 Å². The molecule has 0 radical (unpaired) electrons. The molecule has 1 aliphatic heterocycles. The van der Waals surface area contributed by atoms with Gasteiger partial charge in [0, 0.05) is 24.2 Å². The van der Waals surface area contributed by atoms with Crippen molar-refractivity contribution in [3.05, 3.63) is 65.3 Å². The van der Waals surface area contributed by atoms with Crippen LogP contribution in [0.4, 0.5) is 0 Å². The average molecular weight is 396 g/mol. The molecule has 0 saturated carbocycles. The first-order valence-electron chi connectivity index (χ1n) is 9.28. The van der Waals surface area contributed by atoms with E-state index in [4.69, 9.17) is 21.4 Å². The van der Waals surface area contributed by atoms with Crippen LogP contribution in [0.1, 0.15) is 48.3 Å². The van der Waals surface area contributed by atoms with Crippen LogP contribution in [0.25, 0.3) is 0 Å². The van der Waals surface area contributed by atoms with E-state index in [-0.39, 0.29) is 17.6 Å². The summed E-state index contributed by atoms with van der Waals surface area (Å²) in [4.78, 5) is 26.9. The van der Waals surface area contributed by atoms with Gasteiger partial charge in [-0.1, -0.05) is 12.1 Å². The number of hydrogen-bond donors (Lipinski definition) is 1. The van der Waals surface area contributed by atoms with Crippen LogP contribution in [0.5, 0.6) is 5.75 Å². The summed E-state index contributed by atoms with van der Waals surface area (Å²) in [6.07, 6.45) is 3.63. The Kier molecular flexibility index (Phi) is 5.00. The number of hydrogen-bond acceptors (Lipinski definition) is 5. The molecule has 2 aromatic rings. The smallest absolute Gasteiger partial charge is 0.379 e. The fourth-order valence-electron chi connectivity index (χ4n) is 3.74. The van der Waals surface area contributed by atoms with Crippen LogP contribution in [-0.4, -0.2) is 28.3 Å². The number of furan rings is 1. The summed E-state index contributed by atoms with van der Waals surface area (Å²) in [6, 6.07) is 9.98. The first-order valence-corrected chi connectivity index (χ1v) is 9.69. The van der Waals surface area contributed by atoms with Crippen molar-refractivity contribution in [1.29, 1.82) is 0 Å². The van der Waals surface area contributed by atoms with Crippen molar-refractivity contribution in [3.8, 4) is 5.75 Å². The SMILES string of the molecule is CCN1C(=S)NC(c2cccc(OC(=O)c3ccco3)c2)C2=C1CCCC2=O. The third-order valence-corrected chi connectivity index (χ3v) is 5.33. The number of Topliss-reactive ketones (excluding diaryl/α,β-unsaturated/α-hetero) is 1. The van der Waals surface area contributed by atoms with E-state index in [2.05, 4.69) is 5.32 Å². The molecule has 1 atom stereocenters. The van der Waals surface area contributed by atoms with Crippen molar-refractivity contribution in [2.24, 2.45) is 0 Å². The van der Waals surface area contributed by atoms with Crippen molar-refractivity contribution in [2.45, 2.75) is 32.2 Å². The molecule has 0 spiro atoms. The van der Waals surface area contributed by atoms with Crippen molar-refractivity contribution >= 4 is 29.1 Å². The molecule has 6 nitrogen and oxygen atoms in total. The quantitative estimate of drug-likeness (QED) is 0.479. The number of esters is 1. The minimum absolute atomic E-state index is 0.133. The van der Waals surface area contributed by atoms with Gasteiger partial charge in [-0.05, 0) is 61.8 Å². The molecule has 2 aliphatic rings. The Morgan fingerprint density at radius 1 is 1.32 bits per heavy atom. The van der Waals surface area contributed by atoms with Gasteiger partial charge in [-0.2, -0.15) is 0 Å². The Hall–Kier alpha value is -2.93. The van der Waals surface area contributed by atoms with E-state index < -0.39 is 5.97 Å². The molecular weight excluding hydrogens is 376 g/mol. The molecule has 7 heteroatoms. The van der Waals surface area contributed by atoms with Crippen molar-refractivity contribution in [3.63, 3.8) is 0 Å². The van der Waals surface area contributed by atoms with Gasteiger partial charge in [0.1, 0.15) is 5.75 Å². The maximum absolute atomic E-state index is 12.7. The van der Waals surface area contributed by atoms with Crippen LogP contribution in [0.3, 0.4) is 0 Å². The zero-order valence-corrected chi connectivity index (χ0v) is 16.3. The van der Waals surface area contributed by atoms with Gasteiger partial charge in [-0.15, -0.1) is 0 Å². The minimum Gasteiger partial charge on any atom is -0.457 e. The lowest BCUT2D eigenvalue weighted by Crippen LogP contribution is -2.49. The van der Waals surface area contributed by atoms with Gasteiger partial charge < -0.3 is 19.4 Å². The van der Waals surface area contributed by atoms with Crippen molar-refractivity contribution < 1.29 is 18.7 Å². The van der Waals surface area contributed by atoms with Crippen LogP contribution < -0.4 is 10.1 Å². The number of benzene rings is 1. The first-order chi connectivity index (χ1) is 13.6. The molecule has 28 heavy (non-hydrogen) atoms. The standard InChI is InChI=1S/C21H20N2O4S/c1-2-23-15-8-4-9-16(24)18(15)19(22-21(23)28)13-6-3-7-14(12-13)27-20(25)17-10-5-11-26-17/h3,5-7,10-12,19H,2,4,8-9H2,1H3,(H,22,28). The molecule has 0 amide bonds. The van der Waals surface area contributed by atoms with E-state index in [1.165, 1.54) is 6.26 Å². The summed E-state index contributed by atoms with van der Waals surface area (Å²) in [5, 5.41) is 3.90. The number of allylic oxidation sites excluding steroid dienone is 1. The fourth-order valence-corrected chi connectivity index (χ4v) is 4.10. The fraction of sp³-hybridized carbons (Fsp3) is 0.286. The lowest BCUT2D eigenvalue weighted by Gasteiger charge is -2.40. The maximum Gasteiger partial charge on any atom is 0.379 e. The summed E-state index contributed by atoms with van der Waals surface area (Å²) in [5.74, 6) is 0.0844. The molecular formula is C21H20N2O4S. The molecule has 1 aliphatic carbocycles. The predicted octanol–water partition coefficient (Wildman–Crippen LogP) is 3.76. The highest BCUT2D eigenvalue weighted by Crippen LogP contribution is 2.37. The first kappa shape index (κ1) is 18.4. The second-order valence-electron chi connectivity index (χ2n) is 6.70.